The van der Waals surface area contributed by atoms with Crippen LogP contribution in [0.3, 0.4) is 0 Å². The first-order valence-corrected chi connectivity index (χ1v) is 8.64. The van der Waals surface area contributed by atoms with E-state index in [9.17, 15) is 0 Å². The first-order valence-electron chi connectivity index (χ1n) is 8.64. The highest BCUT2D eigenvalue weighted by molar-refractivity contribution is 5.38. The zero-order valence-corrected chi connectivity index (χ0v) is 13.2. The summed E-state index contributed by atoms with van der Waals surface area (Å²) in [4.78, 5) is 0. The van der Waals surface area contributed by atoms with Gasteiger partial charge in [-0.1, -0.05) is 20.8 Å². The molecule has 4 aliphatic carbocycles. The third-order valence-electron chi connectivity index (χ3n) is 7.99. The smallest absolute Gasteiger partial charge is 0.0713 e. The molecular formula is C18H30O. The zero-order chi connectivity index (χ0) is 13.5. The van der Waals surface area contributed by atoms with Crippen molar-refractivity contribution in [3.8, 4) is 0 Å². The Morgan fingerprint density at radius 1 is 1.16 bits per heavy atom. The van der Waals surface area contributed by atoms with Gasteiger partial charge in [-0.2, -0.15) is 0 Å². The summed E-state index contributed by atoms with van der Waals surface area (Å²) in [6, 6.07) is 0. The maximum Gasteiger partial charge on any atom is 0.0713 e. The van der Waals surface area contributed by atoms with E-state index in [0.29, 0.717) is 5.41 Å². The van der Waals surface area contributed by atoms with Crippen molar-refractivity contribution in [1.29, 1.82) is 0 Å². The van der Waals surface area contributed by atoms with Gasteiger partial charge in [0.05, 0.1) is 5.60 Å². The monoisotopic (exact) mass is 262 g/mol. The fourth-order valence-electron chi connectivity index (χ4n) is 6.92. The Morgan fingerprint density at radius 2 is 1.79 bits per heavy atom. The molecule has 0 radical (unpaired) electrons. The minimum Gasteiger partial charge on any atom is -0.375 e. The van der Waals surface area contributed by atoms with Gasteiger partial charge in [0.1, 0.15) is 0 Å². The van der Waals surface area contributed by atoms with Crippen molar-refractivity contribution < 1.29 is 4.74 Å². The van der Waals surface area contributed by atoms with Crippen LogP contribution in [-0.4, -0.2) is 12.2 Å². The quantitative estimate of drug-likeness (QED) is 0.677. The number of hydrogen-bond donors (Lipinski definition) is 0. The maximum absolute atomic E-state index is 6.53. The lowest BCUT2D eigenvalue weighted by molar-refractivity contribution is -0.471. The molecule has 0 aliphatic heterocycles. The molecule has 0 aromatic carbocycles. The van der Waals surface area contributed by atoms with Crippen LogP contribution in [-0.2, 0) is 4.74 Å². The summed E-state index contributed by atoms with van der Waals surface area (Å²) in [5.74, 6) is 4.07. The van der Waals surface area contributed by atoms with Gasteiger partial charge in [0.2, 0.25) is 0 Å². The van der Waals surface area contributed by atoms with E-state index < -0.39 is 0 Å². The largest absolute Gasteiger partial charge is 0.375 e. The molecule has 1 nitrogen and oxygen atoms in total. The van der Waals surface area contributed by atoms with Crippen molar-refractivity contribution >= 4 is 0 Å². The maximum atomic E-state index is 6.53. The minimum atomic E-state index is 0.175. The van der Waals surface area contributed by atoms with Crippen molar-refractivity contribution in [2.45, 2.75) is 71.8 Å². The van der Waals surface area contributed by atoms with Crippen LogP contribution in [0.1, 0.15) is 66.2 Å². The van der Waals surface area contributed by atoms with E-state index in [1.165, 1.54) is 25.7 Å². The molecule has 0 aromatic rings. The SMILES string of the molecule is CCC(C)(OCCC(C)C)C12CC3CC4CC(C1)C432. The van der Waals surface area contributed by atoms with Crippen LogP contribution in [0.2, 0.25) is 0 Å². The molecule has 0 amide bonds. The molecular weight excluding hydrogens is 232 g/mol. The van der Waals surface area contributed by atoms with Crippen LogP contribution in [0.25, 0.3) is 0 Å². The van der Waals surface area contributed by atoms with Gasteiger partial charge in [0.15, 0.2) is 0 Å². The lowest BCUT2D eigenvalue weighted by Gasteiger charge is -2.93. The van der Waals surface area contributed by atoms with Crippen LogP contribution < -0.4 is 0 Å². The molecule has 108 valence electrons. The highest BCUT2D eigenvalue weighted by atomic mass is 16.5. The Labute approximate surface area is 118 Å². The average molecular weight is 262 g/mol. The molecule has 4 fully saturated rings. The summed E-state index contributed by atoms with van der Waals surface area (Å²) in [5, 5.41) is 0. The summed E-state index contributed by atoms with van der Waals surface area (Å²) >= 11 is 0. The third kappa shape index (κ3) is 1.12. The molecule has 4 rings (SSSR count). The molecule has 0 aromatic heterocycles. The second kappa shape index (κ2) is 3.59. The second-order valence-electron chi connectivity index (χ2n) is 8.60. The predicted octanol–water partition coefficient (Wildman–Crippen LogP) is 4.65. The zero-order valence-electron chi connectivity index (χ0n) is 13.2. The number of ether oxygens (including phenoxy) is 1. The Kier molecular flexibility index (Phi) is 2.39. The fourth-order valence-corrected chi connectivity index (χ4v) is 6.92. The van der Waals surface area contributed by atoms with Crippen LogP contribution in [0, 0.1) is 34.5 Å². The molecule has 19 heavy (non-hydrogen) atoms. The van der Waals surface area contributed by atoms with E-state index in [1.54, 1.807) is 12.8 Å². The van der Waals surface area contributed by atoms with Gasteiger partial charge in [-0.25, -0.2) is 0 Å². The summed E-state index contributed by atoms with van der Waals surface area (Å²) < 4.78 is 6.53. The highest BCUT2D eigenvalue weighted by Crippen LogP contribution is 2.95. The molecule has 3 unspecified atom stereocenters. The van der Waals surface area contributed by atoms with Gasteiger partial charge in [-0.3, -0.25) is 0 Å². The van der Waals surface area contributed by atoms with E-state index in [4.69, 9.17) is 4.74 Å². The highest BCUT2D eigenvalue weighted by Gasteiger charge is 2.90. The molecule has 0 saturated heterocycles. The molecule has 0 N–H and O–H groups in total. The Bertz CT molecular complexity index is 373. The average Bonchev–Trinajstić information content (AvgIpc) is 2.24. The topological polar surface area (TPSA) is 9.23 Å². The normalized spacial score (nSPS) is 51.9. The Morgan fingerprint density at radius 3 is 2.21 bits per heavy atom. The molecule has 0 heterocycles. The van der Waals surface area contributed by atoms with Crippen molar-refractivity contribution in [1.82, 2.24) is 0 Å². The summed E-state index contributed by atoms with van der Waals surface area (Å²) in [7, 11) is 0. The number of hydrogen-bond acceptors (Lipinski definition) is 1. The fraction of sp³-hybridized carbons (Fsp3) is 1.00. The molecule has 4 saturated carbocycles. The molecule has 1 heteroatoms. The van der Waals surface area contributed by atoms with Gasteiger partial charge in [-0.15, -0.1) is 0 Å². The lowest BCUT2D eigenvalue weighted by Crippen LogP contribution is -2.89. The first-order chi connectivity index (χ1) is 9.00. The van der Waals surface area contributed by atoms with Gasteiger partial charge in [0.25, 0.3) is 0 Å². The second-order valence-corrected chi connectivity index (χ2v) is 8.60. The lowest BCUT2D eigenvalue weighted by atomic mass is 9.11. The predicted molar refractivity (Wildman–Crippen MR) is 77.9 cm³/mol. The van der Waals surface area contributed by atoms with Crippen molar-refractivity contribution in [2.75, 3.05) is 6.61 Å². The summed E-state index contributed by atoms with van der Waals surface area (Å²) in [5.41, 5.74) is 1.58. The molecule has 1 spiro atoms. The van der Waals surface area contributed by atoms with Crippen LogP contribution >= 0.6 is 0 Å². The minimum absolute atomic E-state index is 0.175. The van der Waals surface area contributed by atoms with E-state index in [2.05, 4.69) is 27.7 Å². The summed E-state index contributed by atoms with van der Waals surface area (Å²) in [6.07, 6.45) is 8.53. The van der Waals surface area contributed by atoms with E-state index >= 15 is 0 Å². The van der Waals surface area contributed by atoms with Crippen LogP contribution in [0.5, 0.6) is 0 Å². The van der Waals surface area contributed by atoms with Crippen molar-refractivity contribution in [3.05, 3.63) is 0 Å². The standard InChI is InChI=1S/C18H30O/c1-5-16(4,19-7-6-12(2)3)17-10-14-8-13-9-15(11-17)18(13,14)17/h12-15H,5-11H2,1-4H3. The molecule has 4 aliphatic rings. The van der Waals surface area contributed by atoms with Crippen LogP contribution in [0.15, 0.2) is 0 Å². The number of rotatable bonds is 6. The summed E-state index contributed by atoms with van der Waals surface area (Å²) in [6.45, 7) is 10.4. The van der Waals surface area contributed by atoms with Gasteiger partial charge in [0, 0.05) is 12.0 Å². The van der Waals surface area contributed by atoms with Crippen molar-refractivity contribution in [2.24, 2.45) is 34.5 Å². The van der Waals surface area contributed by atoms with E-state index in [1.807, 2.05) is 0 Å². The Hall–Kier alpha value is -0.0400. The molecule has 3 atom stereocenters. The molecule has 0 bridgehead atoms. The van der Waals surface area contributed by atoms with Gasteiger partial charge >= 0.3 is 0 Å². The van der Waals surface area contributed by atoms with E-state index in [0.717, 1.165) is 35.7 Å². The Balaban J connectivity index is 1.51. The van der Waals surface area contributed by atoms with Gasteiger partial charge < -0.3 is 4.74 Å². The van der Waals surface area contributed by atoms with Crippen molar-refractivity contribution in [3.63, 3.8) is 0 Å². The van der Waals surface area contributed by atoms with Gasteiger partial charge in [-0.05, 0) is 74.5 Å². The third-order valence-corrected chi connectivity index (χ3v) is 7.99. The van der Waals surface area contributed by atoms with Crippen LogP contribution in [0.4, 0.5) is 0 Å². The van der Waals surface area contributed by atoms with E-state index in [-0.39, 0.29) is 5.60 Å². The first kappa shape index (κ1) is 12.7.